The molecule has 0 saturated carbocycles. The van der Waals surface area contributed by atoms with Gasteiger partial charge in [0.05, 0.1) is 12.7 Å². The van der Waals surface area contributed by atoms with E-state index in [1.165, 1.54) is 7.11 Å². The number of methoxy groups -OCH3 is 1. The van der Waals surface area contributed by atoms with Crippen molar-refractivity contribution in [2.75, 3.05) is 13.7 Å². The first-order valence-electron chi connectivity index (χ1n) is 3.85. The molecule has 0 aromatic heterocycles. The number of hydrogen-bond donors (Lipinski definition) is 2. The Morgan fingerprint density at radius 3 is 2.92 bits per heavy atom. The summed E-state index contributed by atoms with van der Waals surface area (Å²) >= 11 is 0. The Labute approximate surface area is 76.4 Å². The Bertz CT molecular complexity index is 186. The molecule has 0 spiro atoms. The molecule has 0 radical (unpaired) electrons. The maximum Gasteiger partial charge on any atom is 0.316 e. The first-order valence-corrected chi connectivity index (χ1v) is 5.12. The van der Waals surface area contributed by atoms with Crippen LogP contribution in [0.2, 0.25) is 0 Å². The molecule has 78 valence electrons. The minimum atomic E-state index is -2.94. The van der Waals surface area contributed by atoms with Crippen molar-refractivity contribution in [3.8, 4) is 0 Å². The van der Waals surface area contributed by atoms with Gasteiger partial charge in [-0.25, -0.2) is 0 Å². The molecule has 1 aliphatic rings. The van der Waals surface area contributed by atoms with E-state index in [2.05, 4.69) is 4.52 Å². The third-order valence-corrected chi connectivity index (χ3v) is 2.27. The lowest BCUT2D eigenvalue weighted by Crippen LogP contribution is -2.27. The second-order valence-electron chi connectivity index (χ2n) is 2.72. The molecule has 1 fully saturated rings. The highest BCUT2D eigenvalue weighted by Gasteiger charge is 2.34. The molecule has 1 heterocycles. The lowest BCUT2D eigenvalue weighted by molar-refractivity contribution is -0.106. The molecule has 4 atom stereocenters. The summed E-state index contributed by atoms with van der Waals surface area (Å²) in [4.78, 5) is 8.40. The van der Waals surface area contributed by atoms with Crippen LogP contribution in [0.15, 0.2) is 0 Å². The molecule has 13 heavy (non-hydrogen) atoms. The Morgan fingerprint density at radius 1 is 1.69 bits per heavy atom. The van der Waals surface area contributed by atoms with E-state index in [0.717, 1.165) is 0 Å². The first kappa shape index (κ1) is 11.1. The zero-order valence-electron chi connectivity index (χ0n) is 7.17. The predicted octanol–water partition coefficient (Wildman–Crippen LogP) is -0.493. The molecule has 2 unspecified atom stereocenters. The van der Waals surface area contributed by atoms with E-state index in [0.29, 0.717) is 6.42 Å². The zero-order valence-corrected chi connectivity index (χ0v) is 8.17. The number of hydrogen-bond acceptors (Lipinski definition) is 5. The fraction of sp³-hybridized carbons (Fsp3) is 1.00. The Balaban J connectivity index is 2.35. The van der Waals surface area contributed by atoms with E-state index < -0.39 is 20.6 Å². The topological polar surface area (TPSA) is 85.2 Å². The van der Waals surface area contributed by atoms with Crippen molar-refractivity contribution in [3.63, 3.8) is 0 Å². The summed E-state index contributed by atoms with van der Waals surface area (Å²) in [5.74, 6) is 0. The van der Waals surface area contributed by atoms with E-state index in [9.17, 15) is 4.57 Å². The maximum absolute atomic E-state index is 10.2. The summed E-state index contributed by atoms with van der Waals surface area (Å²) < 4.78 is 24.7. The average molecular weight is 212 g/mol. The number of aliphatic hydroxyl groups excluding tert-OH is 1. The Hall–Kier alpha value is 0.0300. The molecule has 1 aliphatic heterocycles. The van der Waals surface area contributed by atoms with Crippen LogP contribution in [0, 0.1) is 0 Å². The molecule has 1 rings (SSSR count). The zero-order chi connectivity index (χ0) is 9.84. The second kappa shape index (κ2) is 5.05. The van der Waals surface area contributed by atoms with Crippen LogP contribution in [-0.4, -0.2) is 42.2 Å². The molecule has 7 heteroatoms. The summed E-state index contributed by atoms with van der Waals surface area (Å²) in [7, 11) is -1.45. The normalized spacial score (nSPS) is 36.4. The van der Waals surface area contributed by atoms with Crippen LogP contribution in [0.4, 0.5) is 0 Å². The third-order valence-electron chi connectivity index (χ3n) is 1.85. The van der Waals surface area contributed by atoms with Gasteiger partial charge in [-0.05, 0) is 0 Å². The van der Waals surface area contributed by atoms with Gasteiger partial charge in [0.1, 0.15) is 6.10 Å². The second-order valence-corrected chi connectivity index (χ2v) is 3.54. The molecule has 6 nitrogen and oxygen atoms in total. The van der Waals surface area contributed by atoms with E-state index in [1.54, 1.807) is 0 Å². The van der Waals surface area contributed by atoms with E-state index in [1.807, 2.05) is 0 Å². The van der Waals surface area contributed by atoms with Gasteiger partial charge in [-0.2, -0.15) is 0 Å². The molecule has 1 saturated heterocycles. The molecule has 0 aliphatic carbocycles. The highest BCUT2D eigenvalue weighted by Crippen LogP contribution is 2.24. The van der Waals surface area contributed by atoms with Gasteiger partial charge in [-0.1, -0.05) is 0 Å². The van der Waals surface area contributed by atoms with Crippen LogP contribution in [0.25, 0.3) is 0 Å². The van der Waals surface area contributed by atoms with Crippen LogP contribution in [0.5, 0.6) is 0 Å². The minimum absolute atomic E-state index is 0.0378. The van der Waals surface area contributed by atoms with Crippen molar-refractivity contribution in [1.29, 1.82) is 0 Å². The molecular weight excluding hydrogens is 199 g/mol. The van der Waals surface area contributed by atoms with E-state index in [-0.39, 0.29) is 12.7 Å². The van der Waals surface area contributed by atoms with Gasteiger partial charge in [0.25, 0.3) is 0 Å². The van der Waals surface area contributed by atoms with Crippen LogP contribution < -0.4 is 0 Å². The fourth-order valence-corrected chi connectivity index (χ4v) is 1.55. The third kappa shape index (κ3) is 3.34. The molecule has 0 amide bonds. The number of aliphatic hydroxyl groups is 1. The van der Waals surface area contributed by atoms with Crippen LogP contribution in [-0.2, 0) is 18.6 Å². The smallest absolute Gasteiger partial charge is 0.316 e. The van der Waals surface area contributed by atoms with Crippen molar-refractivity contribution in [2.24, 2.45) is 0 Å². The number of rotatable bonds is 4. The molecule has 0 aromatic rings. The van der Waals surface area contributed by atoms with Crippen molar-refractivity contribution < 1.29 is 28.6 Å². The molecule has 0 aromatic carbocycles. The molecule has 2 N–H and O–H groups in total. The van der Waals surface area contributed by atoms with E-state index >= 15 is 0 Å². The van der Waals surface area contributed by atoms with Gasteiger partial charge in [0.15, 0.2) is 6.29 Å². The lowest BCUT2D eigenvalue weighted by Gasteiger charge is -2.15. The molecule has 0 bridgehead atoms. The number of ether oxygens (including phenoxy) is 2. The van der Waals surface area contributed by atoms with Crippen LogP contribution in [0.3, 0.4) is 0 Å². The van der Waals surface area contributed by atoms with Crippen molar-refractivity contribution >= 4 is 8.25 Å². The fourth-order valence-electron chi connectivity index (χ4n) is 1.24. The summed E-state index contributed by atoms with van der Waals surface area (Å²) in [6.45, 7) is -0.0378. The average Bonchev–Trinajstić information content (AvgIpc) is 2.42. The van der Waals surface area contributed by atoms with Gasteiger partial charge in [0.2, 0.25) is 0 Å². The maximum atomic E-state index is 10.2. The van der Waals surface area contributed by atoms with Gasteiger partial charge in [0, 0.05) is 13.5 Å². The minimum Gasteiger partial charge on any atom is -0.378 e. The highest BCUT2D eigenvalue weighted by atomic mass is 31.1. The van der Waals surface area contributed by atoms with Crippen molar-refractivity contribution in [1.82, 2.24) is 0 Å². The SMILES string of the molecule is COC1C[C@H](O)O[C@@H]1CO[PH](=O)O. The summed E-state index contributed by atoms with van der Waals surface area (Å²) in [5, 5.41) is 9.08. The predicted molar refractivity (Wildman–Crippen MR) is 43.5 cm³/mol. The van der Waals surface area contributed by atoms with Gasteiger partial charge >= 0.3 is 8.25 Å². The van der Waals surface area contributed by atoms with Gasteiger partial charge < -0.3 is 24.0 Å². The monoisotopic (exact) mass is 212 g/mol. The summed E-state index contributed by atoms with van der Waals surface area (Å²) in [6.07, 6.45) is -1.27. The largest absolute Gasteiger partial charge is 0.378 e. The van der Waals surface area contributed by atoms with Crippen LogP contribution in [0.1, 0.15) is 6.42 Å². The lowest BCUT2D eigenvalue weighted by atomic mass is 10.2. The Kier molecular flexibility index (Phi) is 4.31. The summed E-state index contributed by atoms with van der Waals surface area (Å²) in [5.41, 5.74) is 0. The summed E-state index contributed by atoms with van der Waals surface area (Å²) in [6, 6.07) is 0. The van der Waals surface area contributed by atoms with Crippen molar-refractivity contribution in [2.45, 2.75) is 24.9 Å². The Morgan fingerprint density at radius 2 is 2.38 bits per heavy atom. The van der Waals surface area contributed by atoms with Crippen LogP contribution >= 0.6 is 8.25 Å². The van der Waals surface area contributed by atoms with Crippen molar-refractivity contribution in [3.05, 3.63) is 0 Å². The first-order chi connectivity index (χ1) is 6.13. The molecular formula is C6H13O6P. The van der Waals surface area contributed by atoms with Gasteiger partial charge in [-0.15, -0.1) is 0 Å². The standard InChI is InChI=1S/C6H13O6P/c1-10-4-2-6(7)12-5(4)3-11-13(8)9/h4-7,13H,2-3H2,1H3,(H,8,9)/t4?,5-,6-/m1/s1. The highest BCUT2D eigenvalue weighted by molar-refractivity contribution is 7.32. The quantitative estimate of drug-likeness (QED) is 0.611. The van der Waals surface area contributed by atoms with Gasteiger partial charge in [-0.3, -0.25) is 4.57 Å². The van der Waals surface area contributed by atoms with E-state index in [4.69, 9.17) is 19.5 Å².